The van der Waals surface area contributed by atoms with Gasteiger partial charge >= 0.3 is 0 Å². The Morgan fingerprint density at radius 2 is 1.92 bits per heavy atom. The summed E-state index contributed by atoms with van der Waals surface area (Å²) in [5.74, 6) is -1.68. The summed E-state index contributed by atoms with van der Waals surface area (Å²) >= 11 is 0. The van der Waals surface area contributed by atoms with Crippen LogP contribution in [0.15, 0.2) is 36.5 Å². The van der Waals surface area contributed by atoms with Crippen LogP contribution in [-0.2, 0) is 11.2 Å². The van der Waals surface area contributed by atoms with Crippen LogP contribution in [0.1, 0.15) is 29.7 Å². The van der Waals surface area contributed by atoms with E-state index in [0.717, 1.165) is 47.2 Å². The zero-order valence-corrected chi connectivity index (χ0v) is 22.1. The Kier molecular flexibility index (Phi) is 7.83. The van der Waals surface area contributed by atoms with Gasteiger partial charge in [0.15, 0.2) is 0 Å². The van der Waals surface area contributed by atoms with E-state index < -0.39 is 25.1 Å². The number of nitrogens with one attached hydrogen (secondary N) is 1. The van der Waals surface area contributed by atoms with Gasteiger partial charge in [-0.05, 0) is 42.7 Å². The number of methoxy groups -OCH3 is 2. The Morgan fingerprint density at radius 3 is 2.66 bits per heavy atom. The highest BCUT2D eigenvalue weighted by Gasteiger charge is 2.42. The molecule has 0 radical (unpaired) electrons. The van der Waals surface area contributed by atoms with Gasteiger partial charge < -0.3 is 14.2 Å². The minimum atomic E-state index is -3.02. The fraction of sp³-hybridized carbons (Fsp3) is 0.536. The molecule has 1 aromatic heterocycles. The monoisotopic (exact) mass is 532 g/mol. The molecule has 10 heteroatoms. The molecule has 0 saturated carbocycles. The number of likely N-dealkylation sites (tertiary alicyclic amines) is 1. The van der Waals surface area contributed by atoms with Crippen LogP contribution < -0.4 is 9.47 Å². The summed E-state index contributed by atoms with van der Waals surface area (Å²) in [5.41, 5.74) is 3.77. The molecule has 0 amide bonds. The van der Waals surface area contributed by atoms with Crippen LogP contribution in [0.2, 0.25) is 0 Å². The number of alkyl halides is 3. The Bertz CT molecular complexity index is 1250. The van der Waals surface area contributed by atoms with Gasteiger partial charge in [-0.3, -0.25) is 19.3 Å². The smallest absolute Gasteiger partial charge is 0.283 e. The molecule has 2 aliphatic heterocycles. The molecule has 0 spiro atoms. The number of ether oxygens (including phenoxy) is 3. The number of nitrogens with zero attached hydrogens (tertiary/aromatic N) is 3. The van der Waals surface area contributed by atoms with Crippen LogP contribution in [0, 0.1) is 5.92 Å². The summed E-state index contributed by atoms with van der Waals surface area (Å²) in [5, 5.41) is 8.22. The van der Waals surface area contributed by atoms with Crippen molar-refractivity contribution in [3.05, 3.63) is 53.2 Å². The van der Waals surface area contributed by atoms with E-state index in [-0.39, 0.29) is 18.6 Å². The van der Waals surface area contributed by atoms with Gasteiger partial charge in [-0.1, -0.05) is 6.07 Å². The third kappa shape index (κ3) is 5.34. The SMILES string of the molecule is COCC(F)(F)CN1C(c2ccc(OCCN3CC(CF)C3)cc2OC)c2ccc3[nH]ncc3c2C[C@H]1C. The van der Waals surface area contributed by atoms with Gasteiger partial charge in [0, 0.05) is 55.7 Å². The summed E-state index contributed by atoms with van der Waals surface area (Å²) in [7, 11) is 2.87. The molecule has 2 aromatic carbocycles. The van der Waals surface area contributed by atoms with E-state index >= 15 is 0 Å². The predicted octanol–water partition coefficient (Wildman–Crippen LogP) is 4.47. The van der Waals surface area contributed by atoms with E-state index in [9.17, 15) is 13.2 Å². The summed E-state index contributed by atoms with van der Waals surface area (Å²) in [6.07, 6.45) is 2.42. The van der Waals surface area contributed by atoms with Crippen molar-refractivity contribution in [2.24, 2.45) is 5.92 Å². The van der Waals surface area contributed by atoms with E-state index in [1.165, 1.54) is 7.11 Å². The molecule has 1 fully saturated rings. The van der Waals surface area contributed by atoms with Crippen LogP contribution in [-0.4, -0.2) is 92.2 Å². The lowest BCUT2D eigenvalue weighted by molar-refractivity contribution is -0.0961. The van der Waals surface area contributed by atoms with Gasteiger partial charge in [0.25, 0.3) is 5.92 Å². The fourth-order valence-electron chi connectivity index (χ4n) is 5.80. The standard InChI is InChI=1S/C28H35F3N4O3/c1-18-10-23-21(6-7-25-24(23)13-32-33-25)27(35(18)16-28(30,31)17-36-2)22-5-4-20(11-26(22)37-3)38-9-8-34-14-19(12-29)15-34/h4-7,11,13,18-19,27H,8-10,12,14-17H2,1-3H3,(H,32,33)/t18-,27?/m1/s1. The van der Waals surface area contributed by atoms with Crippen molar-refractivity contribution in [1.82, 2.24) is 20.0 Å². The number of benzene rings is 2. The first-order chi connectivity index (χ1) is 18.3. The molecule has 2 aliphatic rings. The maximum Gasteiger partial charge on any atom is 0.283 e. The quantitative estimate of drug-likeness (QED) is 0.393. The van der Waals surface area contributed by atoms with Crippen LogP contribution in [0.4, 0.5) is 13.2 Å². The fourth-order valence-corrected chi connectivity index (χ4v) is 5.80. The van der Waals surface area contributed by atoms with Crippen molar-refractivity contribution in [2.45, 2.75) is 31.4 Å². The lowest BCUT2D eigenvalue weighted by atomic mass is 9.83. The third-order valence-electron chi connectivity index (χ3n) is 7.66. The van der Waals surface area contributed by atoms with Gasteiger partial charge in [-0.2, -0.15) is 5.10 Å². The second-order valence-electron chi connectivity index (χ2n) is 10.4. The van der Waals surface area contributed by atoms with E-state index in [1.807, 2.05) is 42.2 Å². The molecule has 3 aromatic rings. The van der Waals surface area contributed by atoms with Crippen LogP contribution >= 0.6 is 0 Å². The van der Waals surface area contributed by atoms with E-state index in [0.29, 0.717) is 24.5 Å². The normalized spacial score (nSPS) is 20.9. The number of hydrogen-bond acceptors (Lipinski definition) is 6. The van der Waals surface area contributed by atoms with Crippen molar-refractivity contribution in [3.63, 3.8) is 0 Å². The van der Waals surface area contributed by atoms with Gasteiger partial charge in [-0.25, -0.2) is 8.78 Å². The number of fused-ring (bicyclic) bond motifs is 3. The highest BCUT2D eigenvalue weighted by atomic mass is 19.3. The molecule has 1 unspecified atom stereocenters. The largest absolute Gasteiger partial charge is 0.496 e. The zero-order chi connectivity index (χ0) is 26.9. The first-order valence-electron chi connectivity index (χ1n) is 13.0. The van der Waals surface area contributed by atoms with Crippen LogP contribution in [0.25, 0.3) is 10.9 Å². The molecule has 0 aliphatic carbocycles. The van der Waals surface area contributed by atoms with Gasteiger partial charge in [0.2, 0.25) is 0 Å². The number of aromatic amines is 1. The van der Waals surface area contributed by atoms with Crippen molar-refractivity contribution >= 4 is 10.9 Å². The molecular weight excluding hydrogens is 497 g/mol. The first-order valence-corrected chi connectivity index (χ1v) is 13.0. The summed E-state index contributed by atoms with van der Waals surface area (Å²) in [6, 6.07) is 8.90. The lowest BCUT2D eigenvalue weighted by Crippen LogP contribution is -2.49. The zero-order valence-electron chi connectivity index (χ0n) is 22.1. The first kappa shape index (κ1) is 26.8. The van der Waals surface area contributed by atoms with Gasteiger partial charge in [0.05, 0.1) is 38.1 Å². The molecule has 0 bridgehead atoms. The van der Waals surface area contributed by atoms with Crippen molar-refractivity contribution in [1.29, 1.82) is 0 Å². The lowest BCUT2D eigenvalue weighted by Gasteiger charge is -2.44. The maximum atomic E-state index is 14.9. The minimum absolute atomic E-state index is 0.137. The second kappa shape index (κ2) is 11.1. The maximum absolute atomic E-state index is 14.9. The van der Waals surface area contributed by atoms with Gasteiger partial charge in [-0.15, -0.1) is 0 Å². The summed E-state index contributed by atoms with van der Waals surface area (Å²) in [6.45, 7) is 3.31. The second-order valence-corrected chi connectivity index (χ2v) is 10.4. The number of hydrogen-bond donors (Lipinski definition) is 1. The molecule has 38 heavy (non-hydrogen) atoms. The van der Waals surface area contributed by atoms with E-state index in [2.05, 4.69) is 15.1 Å². The van der Waals surface area contributed by atoms with Crippen LogP contribution in [0.5, 0.6) is 11.5 Å². The van der Waals surface area contributed by atoms with E-state index in [4.69, 9.17) is 14.2 Å². The number of H-pyrrole nitrogens is 1. The Morgan fingerprint density at radius 1 is 1.13 bits per heavy atom. The average Bonchev–Trinajstić information content (AvgIpc) is 3.35. The Labute approximate surface area is 220 Å². The predicted molar refractivity (Wildman–Crippen MR) is 139 cm³/mol. The minimum Gasteiger partial charge on any atom is -0.496 e. The summed E-state index contributed by atoms with van der Waals surface area (Å²) in [4.78, 5) is 4.00. The van der Waals surface area contributed by atoms with Crippen molar-refractivity contribution in [3.8, 4) is 11.5 Å². The average molecular weight is 533 g/mol. The highest BCUT2D eigenvalue weighted by Crippen LogP contribution is 2.45. The van der Waals surface area contributed by atoms with Crippen LogP contribution in [0.3, 0.4) is 0 Å². The number of aromatic nitrogens is 2. The Balaban J connectivity index is 1.46. The molecule has 1 N–H and O–H groups in total. The van der Waals surface area contributed by atoms with Gasteiger partial charge in [0.1, 0.15) is 24.7 Å². The van der Waals surface area contributed by atoms with E-state index in [1.54, 1.807) is 13.3 Å². The number of halogens is 3. The van der Waals surface area contributed by atoms with Crippen molar-refractivity contribution < 1.29 is 27.4 Å². The molecule has 2 atom stereocenters. The third-order valence-corrected chi connectivity index (χ3v) is 7.66. The topological polar surface area (TPSA) is 62.9 Å². The van der Waals surface area contributed by atoms with Crippen molar-refractivity contribution in [2.75, 3.05) is 60.3 Å². The molecule has 206 valence electrons. The molecule has 7 nitrogen and oxygen atoms in total. The molecule has 5 rings (SSSR count). The Hall–Kier alpha value is -2.82. The number of rotatable bonds is 11. The molecular formula is C28H35F3N4O3. The summed E-state index contributed by atoms with van der Waals surface area (Å²) < 4.78 is 59.1. The highest BCUT2D eigenvalue weighted by molar-refractivity contribution is 5.83. The molecule has 3 heterocycles. The molecule has 1 saturated heterocycles.